The Morgan fingerprint density at radius 1 is 0.423 bits per heavy atom. The van der Waals surface area contributed by atoms with Crippen LogP contribution in [0.25, 0.3) is 89.2 Å². The lowest BCUT2D eigenvalue weighted by atomic mass is 9.63. The number of aromatic nitrogens is 3. The first-order valence-electron chi connectivity index (χ1n) is 18.1. The topological polar surface area (TPSA) is 65.0 Å². The number of hydrogen-bond acceptors (Lipinski definition) is 5. The molecule has 5 heteroatoms. The first-order valence-corrected chi connectivity index (χ1v) is 18.1. The monoisotopic (exact) mass is 675 g/mol. The van der Waals surface area contributed by atoms with E-state index in [-0.39, 0.29) is 10.8 Å². The molecule has 0 radical (unpaired) electrons. The average Bonchev–Trinajstić information content (AvgIpc) is 3.75. The Morgan fingerprint density at radius 3 is 1.44 bits per heavy atom. The lowest BCUT2D eigenvalue weighted by Crippen LogP contribution is -2.33. The molecule has 9 aromatic rings. The van der Waals surface area contributed by atoms with Crippen LogP contribution in [0.1, 0.15) is 51.7 Å². The molecule has 0 saturated carbocycles. The van der Waals surface area contributed by atoms with Crippen LogP contribution in [0.3, 0.4) is 0 Å². The molecule has 0 fully saturated rings. The van der Waals surface area contributed by atoms with Crippen LogP contribution in [0, 0.1) is 0 Å². The second-order valence-corrected chi connectivity index (χ2v) is 15.4. The fourth-order valence-corrected chi connectivity index (χ4v) is 8.27. The lowest BCUT2D eigenvalue weighted by molar-refractivity contribution is 0.332. The number of hydrogen-bond donors (Lipinski definition) is 0. The summed E-state index contributed by atoms with van der Waals surface area (Å²) in [5.74, 6) is 1.68. The van der Waals surface area contributed by atoms with Gasteiger partial charge in [-0.15, -0.1) is 0 Å². The van der Waals surface area contributed by atoms with Crippen LogP contribution >= 0.6 is 0 Å². The van der Waals surface area contributed by atoms with Crippen molar-refractivity contribution in [1.29, 1.82) is 0 Å². The van der Waals surface area contributed by atoms with Gasteiger partial charge in [0.25, 0.3) is 0 Å². The van der Waals surface area contributed by atoms with Gasteiger partial charge >= 0.3 is 0 Å². The summed E-state index contributed by atoms with van der Waals surface area (Å²) in [6.07, 6.45) is 2.33. The molecule has 5 nitrogen and oxygen atoms in total. The summed E-state index contributed by atoms with van der Waals surface area (Å²) < 4.78 is 13.0. The molecule has 10 rings (SSSR count). The van der Waals surface area contributed by atoms with E-state index in [9.17, 15) is 0 Å². The van der Waals surface area contributed by atoms with Gasteiger partial charge in [0.2, 0.25) is 0 Å². The Hall–Kier alpha value is -6.07. The second-order valence-electron chi connectivity index (χ2n) is 15.4. The standard InChI is InChI=1S/C47H37N3O2/c1-46(2)25-26-47(3,4)38-27-28(23-24-37(38)46)29-13-5-6-16-34(29)43-48-44(35-19-11-17-32-30-14-7-9-21-39(30)51-41(32)35)50-45(49-43)36-20-12-18-33-31-15-8-10-22-40(31)52-42(33)36/h5-24,27H,25-26H2,1-4H3. The Bertz CT molecular complexity index is 2740. The van der Waals surface area contributed by atoms with Crippen molar-refractivity contribution in [2.75, 3.05) is 0 Å². The Kier molecular flexibility index (Phi) is 6.63. The Morgan fingerprint density at radius 2 is 0.865 bits per heavy atom. The molecule has 3 aromatic heterocycles. The molecule has 6 aromatic carbocycles. The van der Waals surface area contributed by atoms with Crippen molar-refractivity contribution < 1.29 is 8.83 Å². The van der Waals surface area contributed by atoms with Crippen LogP contribution in [0.5, 0.6) is 0 Å². The first-order chi connectivity index (χ1) is 25.2. The highest BCUT2D eigenvalue weighted by Gasteiger charge is 2.37. The van der Waals surface area contributed by atoms with Crippen LogP contribution < -0.4 is 0 Å². The zero-order chi connectivity index (χ0) is 35.2. The predicted molar refractivity (Wildman–Crippen MR) is 211 cm³/mol. The summed E-state index contributed by atoms with van der Waals surface area (Å²) >= 11 is 0. The van der Waals surface area contributed by atoms with E-state index in [1.165, 1.54) is 17.5 Å². The zero-order valence-corrected chi connectivity index (χ0v) is 29.7. The van der Waals surface area contributed by atoms with Crippen molar-refractivity contribution in [3.63, 3.8) is 0 Å². The summed E-state index contributed by atoms with van der Waals surface area (Å²) in [5.41, 5.74) is 11.0. The van der Waals surface area contributed by atoms with E-state index in [4.69, 9.17) is 23.8 Å². The van der Waals surface area contributed by atoms with Gasteiger partial charge in [-0.05, 0) is 70.2 Å². The smallest absolute Gasteiger partial charge is 0.167 e. The van der Waals surface area contributed by atoms with Gasteiger partial charge in [-0.1, -0.05) is 131 Å². The Balaban J connectivity index is 1.23. The van der Waals surface area contributed by atoms with E-state index < -0.39 is 0 Å². The van der Waals surface area contributed by atoms with Crippen molar-refractivity contribution >= 4 is 43.9 Å². The number of rotatable bonds is 4. The molecule has 252 valence electrons. The van der Waals surface area contributed by atoms with Gasteiger partial charge in [0.1, 0.15) is 22.3 Å². The first kappa shape index (κ1) is 30.7. The maximum atomic E-state index is 6.50. The maximum absolute atomic E-state index is 6.50. The number of furan rings is 2. The van der Waals surface area contributed by atoms with Gasteiger partial charge in [-0.25, -0.2) is 15.0 Å². The molecule has 0 bridgehead atoms. The van der Waals surface area contributed by atoms with Gasteiger partial charge < -0.3 is 8.83 Å². The fraction of sp³-hybridized carbons (Fsp3) is 0.170. The van der Waals surface area contributed by atoms with E-state index in [0.717, 1.165) is 78.1 Å². The SMILES string of the molecule is CC1(C)CCC(C)(C)c2cc(-c3ccccc3-c3nc(-c4cccc5c4oc4ccccc45)nc(-c4cccc5c4oc4ccccc45)n3)ccc21. The lowest BCUT2D eigenvalue weighted by Gasteiger charge is -2.42. The highest BCUT2D eigenvalue weighted by atomic mass is 16.3. The van der Waals surface area contributed by atoms with Crippen LogP contribution in [0.2, 0.25) is 0 Å². The third kappa shape index (κ3) is 4.72. The van der Waals surface area contributed by atoms with Crippen molar-refractivity contribution in [1.82, 2.24) is 15.0 Å². The molecular formula is C47H37N3O2. The van der Waals surface area contributed by atoms with Gasteiger partial charge in [-0.2, -0.15) is 0 Å². The molecule has 3 heterocycles. The summed E-state index contributed by atoms with van der Waals surface area (Å²) in [5, 5.41) is 4.17. The molecule has 1 aliphatic rings. The largest absolute Gasteiger partial charge is 0.455 e. The summed E-state index contributed by atoms with van der Waals surface area (Å²) in [7, 11) is 0. The number of fused-ring (bicyclic) bond motifs is 7. The van der Waals surface area contributed by atoms with Crippen LogP contribution in [-0.2, 0) is 10.8 Å². The highest BCUT2D eigenvalue weighted by molar-refractivity contribution is 6.10. The van der Waals surface area contributed by atoms with E-state index in [2.05, 4.69) is 94.4 Å². The van der Waals surface area contributed by atoms with Gasteiger partial charge in [0.05, 0.1) is 11.1 Å². The number of benzene rings is 6. The van der Waals surface area contributed by atoms with E-state index in [1.807, 2.05) is 60.7 Å². The third-order valence-corrected chi connectivity index (χ3v) is 11.3. The van der Waals surface area contributed by atoms with Crippen molar-refractivity contribution in [2.45, 2.75) is 51.4 Å². The van der Waals surface area contributed by atoms with E-state index >= 15 is 0 Å². The third-order valence-electron chi connectivity index (χ3n) is 11.3. The molecular weight excluding hydrogens is 639 g/mol. The molecule has 0 aliphatic heterocycles. The van der Waals surface area contributed by atoms with Gasteiger partial charge in [-0.3, -0.25) is 0 Å². The second kappa shape index (κ2) is 11.2. The molecule has 0 amide bonds. The number of para-hydroxylation sites is 4. The highest BCUT2D eigenvalue weighted by Crippen LogP contribution is 2.47. The maximum Gasteiger partial charge on any atom is 0.167 e. The molecule has 1 aliphatic carbocycles. The van der Waals surface area contributed by atoms with Crippen molar-refractivity contribution in [2.24, 2.45) is 0 Å². The zero-order valence-electron chi connectivity index (χ0n) is 29.7. The average molecular weight is 676 g/mol. The normalized spacial score (nSPS) is 15.1. The quantitative estimate of drug-likeness (QED) is 0.186. The minimum absolute atomic E-state index is 0.0832. The van der Waals surface area contributed by atoms with Crippen molar-refractivity contribution in [3.05, 3.63) is 139 Å². The predicted octanol–water partition coefficient (Wildman–Crippen LogP) is 12.7. The molecule has 0 atom stereocenters. The minimum Gasteiger partial charge on any atom is -0.455 e. The molecule has 52 heavy (non-hydrogen) atoms. The Labute approximate surface area is 302 Å². The van der Waals surface area contributed by atoms with Crippen LogP contribution in [-0.4, -0.2) is 15.0 Å². The van der Waals surface area contributed by atoms with Gasteiger partial charge in [0, 0.05) is 27.1 Å². The molecule has 0 spiro atoms. The summed E-state index contributed by atoms with van der Waals surface area (Å²) in [4.78, 5) is 15.7. The molecule has 0 saturated heterocycles. The molecule has 0 unspecified atom stereocenters. The van der Waals surface area contributed by atoms with Crippen molar-refractivity contribution in [3.8, 4) is 45.3 Å². The van der Waals surface area contributed by atoms with Crippen LogP contribution in [0.15, 0.2) is 136 Å². The molecule has 0 N–H and O–H groups in total. The van der Waals surface area contributed by atoms with Crippen LogP contribution in [0.4, 0.5) is 0 Å². The van der Waals surface area contributed by atoms with E-state index in [0.29, 0.717) is 17.5 Å². The summed E-state index contributed by atoms with van der Waals surface area (Å²) in [6, 6.07) is 44.1. The fourth-order valence-electron chi connectivity index (χ4n) is 8.27. The minimum atomic E-state index is 0.0832. The summed E-state index contributed by atoms with van der Waals surface area (Å²) in [6.45, 7) is 9.48. The van der Waals surface area contributed by atoms with Gasteiger partial charge in [0.15, 0.2) is 17.5 Å². The number of nitrogens with zero attached hydrogens (tertiary/aromatic N) is 3. The van der Waals surface area contributed by atoms with E-state index in [1.54, 1.807) is 0 Å².